The predicted octanol–water partition coefficient (Wildman–Crippen LogP) is 2.66. The monoisotopic (exact) mass is 209 g/mol. The van der Waals surface area contributed by atoms with Crippen molar-refractivity contribution in [3.05, 3.63) is 0 Å². The molecule has 1 saturated carbocycles. The van der Waals surface area contributed by atoms with Crippen LogP contribution in [0.4, 0.5) is 0 Å². The van der Waals surface area contributed by atoms with E-state index in [-0.39, 0.29) is 5.97 Å². The van der Waals surface area contributed by atoms with Crippen LogP contribution in [0.2, 0.25) is 0 Å². The van der Waals surface area contributed by atoms with E-state index < -0.39 is 5.92 Å². The molecule has 0 aromatic heterocycles. The maximum Gasteiger partial charge on any atom is 0.323 e. The Morgan fingerprint density at radius 3 is 2.67 bits per heavy atom. The lowest BCUT2D eigenvalue weighted by Gasteiger charge is -2.22. The van der Waals surface area contributed by atoms with Gasteiger partial charge in [-0.15, -0.1) is 0 Å². The van der Waals surface area contributed by atoms with Crippen LogP contribution in [-0.2, 0) is 9.53 Å². The molecule has 0 bridgehead atoms. The molecule has 0 spiro atoms. The average Bonchev–Trinajstić information content (AvgIpc) is 2.27. The molecule has 1 fully saturated rings. The lowest BCUT2D eigenvalue weighted by molar-refractivity contribution is -0.146. The zero-order chi connectivity index (χ0) is 11.1. The van der Waals surface area contributed by atoms with E-state index in [4.69, 9.17) is 10.00 Å². The van der Waals surface area contributed by atoms with Crippen LogP contribution >= 0.6 is 0 Å². The van der Waals surface area contributed by atoms with Crippen LogP contribution in [0.15, 0.2) is 0 Å². The molecule has 1 atom stereocenters. The molecule has 0 aromatic rings. The SMILES string of the molecule is CCOC(=O)C(C#N)CC1CCCCC1. The van der Waals surface area contributed by atoms with Crippen molar-refractivity contribution < 1.29 is 9.53 Å². The van der Waals surface area contributed by atoms with E-state index in [1.165, 1.54) is 19.3 Å². The maximum absolute atomic E-state index is 11.4. The second-order valence-electron chi connectivity index (χ2n) is 4.17. The zero-order valence-electron chi connectivity index (χ0n) is 9.37. The third-order valence-electron chi connectivity index (χ3n) is 3.02. The summed E-state index contributed by atoms with van der Waals surface area (Å²) in [6.45, 7) is 2.13. The maximum atomic E-state index is 11.4. The van der Waals surface area contributed by atoms with E-state index in [0.717, 1.165) is 12.8 Å². The molecule has 0 N–H and O–H groups in total. The van der Waals surface area contributed by atoms with E-state index >= 15 is 0 Å². The summed E-state index contributed by atoms with van der Waals surface area (Å²) in [5, 5.41) is 8.90. The van der Waals surface area contributed by atoms with E-state index in [9.17, 15) is 4.79 Å². The molecule has 0 amide bonds. The minimum absolute atomic E-state index is 0.342. The number of nitriles is 1. The largest absolute Gasteiger partial charge is 0.465 e. The van der Waals surface area contributed by atoms with Crippen LogP contribution in [0.1, 0.15) is 45.4 Å². The number of rotatable bonds is 4. The highest BCUT2D eigenvalue weighted by molar-refractivity contribution is 5.75. The van der Waals surface area contributed by atoms with E-state index in [0.29, 0.717) is 18.9 Å². The quantitative estimate of drug-likeness (QED) is 0.669. The molecule has 3 nitrogen and oxygen atoms in total. The van der Waals surface area contributed by atoms with Gasteiger partial charge in [-0.25, -0.2) is 0 Å². The Kier molecular flexibility index (Phi) is 5.17. The number of esters is 1. The van der Waals surface area contributed by atoms with Crippen molar-refractivity contribution in [2.75, 3.05) is 6.61 Å². The molecule has 0 saturated heterocycles. The number of ether oxygens (including phenoxy) is 1. The van der Waals surface area contributed by atoms with Gasteiger partial charge in [-0.2, -0.15) is 5.26 Å². The van der Waals surface area contributed by atoms with Gasteiger partial charge >= 0.3 is 5.97 Å². The van der Waals surface area contributed by atoms with Crippen molar-refractivity contribution in [3.63, 3.8) is 0 Å². The second-order valence-corrected chi connectivity index (χ2v) is 4.17. The summed E-state index contributed by atoms with van der Waals surface area (Å²) in [6.07, 6.45) is 6.80. The first-order valence-corrected chi connectivity index (χ1v) is 5.84. The molecule has 1 aliphatic carbocycles. The molecule has 0 heterocycles. The average molecular weight is 209 g/mol. The molecule has 3 heteroatoms. The molecule has 84 valence electrons. The molecular weight excluding hydrogens is 190 g/mol. The van der Waals surface area contributed by atoms with Gasteiger partial charge in [0.15, 0.2) is 0 Å². The minimum Gasteiger partial charge on any atom is -0.465 e. The predicted molar refractivity (Wildman–Crippen MR) is 56.9 cm³/mol. The summed E-state index contributed by atoms with van der Waals surface area (Å²) in [7, 11) is 0. The molecule has 0 radical (unpaired) electrons. The first kappa shape index (κ1) is 12.0. The van der Waals surface area contributed by atoms with Crippen LogP contribution < -0.4 is 0 Å². The standard InChI is InChI=1S/C12H19NO2/c1-2-15-12(14)11(9-13)8-10-6-4-3-5-7-10/h10-11H,2-8H2,1H3. The van der Waals surface area contributed by atoms with Gasteiger partial charge in [0.05, 0.1) is 12.7 Å². The highest BCUT2D eigenvalue weighted by atomic mass is 16.5. The van der Waals surface area contributed by atoms with Crippen LogP contribution in [0.5, 0.6) is 0 Å². The summed E-state index contributed by atoms with van der Waals surface area (Å²) >= 11 is 0. The molecular formula is C12H19NO2. The fourth-order valence-electron chi connectivity index (χ4n) is 2.20. The number of carbonyl (C=O) groups is 1. The summed E-state index contributed by atoms with van der Waals surface area (Å²) in [5.74, 6) is -0.341. The van der Waals surface area contributed by atoms with Gasteiger partial charge < -0.3 is 4.74 Å². The van der Waals surface area contributed by atoms with Crippen LogP contribution in [0.25, 0.3) is 0 Å². The Hall–Kier alpha value is -1.04. The van der Waals surface area contributed by atoms with Gasteiger partial charge in [0, 0.05) is 0 Å². The van der Waals surface area contributed by atoms with Crippen molar-refractivity contribution in [2.45, 2.75) is 45.4 Å². The van der Waals surface area contributed by atoms with Gasteiger partial charge in [-0.05, 0) is 19.3 Å². The second kappa shape index (κ2) is 6.44. The number of nitrogens with zero attached hydrogens (tertiary/aromatic N) is 1. The molecule has 0 aliphatic heterocycles. The lowest BCUT2D eigenvalue weighted by atomic mass is 9.83. The van der Waals surface area contributed by atoms with E-state index in [1.807, 2.05) is 0 Å². The fourth-order valence-corrected chi connectivity index (χ4v) is 2.20. The van der Waals surface area contributed by atoms with Gasteiger partial charge in [0.1, 0.15) is 5.92 Å². The van der Waals surface area contributed by atoms with Crippen molar-refractivity contribution in [1.29, 1.82) is 5.26 Å². The topological polar surface area (TPSA) is 50.1 Å². The Bertz CT molecular complexity index is 238. The van der Waals surface area contributed by atoms with Crippen molar-refractivity contribution in [1.82, 2.24) is 0 Å². The number of hydrogen-bond donors (Lipinski definition) is 0. The van der Waals surface area contributed by atoms with Crippen LogP contribution in [0, 0.1) is 23.2 Å². The smallest absolute Gasteiger partial charge is 0.323 e. The van der Waals surface area contributed by atoms with Crippen molar-refractivity contribution in [3.8, 4) is 6.07 Å². The third-order valence-corrected chi connectivity index (χ3v) is 3.02. The van der Waals surface area contributed by atoms with Gasteiger partial charge in [0.2, 0.25) is 0 Å². The Labute approximate surface area is 91.4 Å². The van der Waals surface area contributed by atoms with Crippen LogP contribution in [-0.4, -0.2) is 12.6 Å². The normalized spacial score (nSPS) is 19.2. The molecule has 1 rings (SSSR count). The Morgan fingerprint density at radius 2 is 2.13 bits per heavy atom. The van der Waals surface area contributed by atoms with Gasteiger partial charge in [-0.3, -0.25) is 4.79 Å². The van der Waals surface area contributed by atoms with Crippen molar-refractivity contribution >= 4 is 5.97 Å². The van der Waals surface area contributed by atoms with Crippen molar-refractivity contribution in [2.24, 2.45) is 11.8 Å². The van der Waals surface area contributed by atoms with E-state index in [2.05, 4.69) is 6.07 Å². The molecule has 1 aliphatic rings. The zero-order valence-corrected chi connectivity index (χ0v) is 9.37. The third kappa shape index (κ3) is 3.91. The number of carbonyl (C=O) groups excluding carboxylic acids is 1. The first-order valence-electron chi connectivity index (χ1n) is 5.84. The molecule has 15 heavy (non-hydrogen) atoms. The highest BCUT2D eigenvalue weighted by Gasteiger charge is 2.24. The highest BCUT2D eigenvalue weighted by Crippen LogP contribution is 2.29. The molecule has 1 unspecified atom stereocenters. The lowest BCUT2D eigenvalue weighted by Crippen LogP contribution is -2.20. The van der Waals surface area contributed by atoms with E-state index in [1.54, 1.807) is 6.92 Å². The summed E-state index contributed by atoms with van der Waals surface area (Å²) < 4.78 is 4.88. The Morgan fingerprint density at radius 1 is 1.47 bits per heavy atom. The van der Waals surface area contributed by atoms with Crippen LogP contribution in [0.3, 0.4) is 0 Å². The summed E-state index contributed by atoms with van der Waals surface area (Å²) in [6, 6.07) is 2.06. The fraction of sp³-hybridized carbons (Fsp3) is 0.833. The van der Waals surface area contributed by atoms with Gasteiger partial charge in [0.25, 0.3) is 0 Å². The number of hydrogen-bond acceptors (Lipinski definition) is 3. The summed E-state index contributed by atoms with van der Waals surface area (Å²) in [5.41, 5.74) is 0. The minimum atomic E-state index is -0.548. The van der Waals surface area contributed by atoms with Gasteiger partial charge in [-0.1, -0.05) is 32.1 Å². The molecule has 0 aromatic carbocycles. The summed E-state index contributed by atoms with van der Waals surface area (Å²) in [4.78, 5) is 11.4. The Balaban J connectivity index is 2.38. The first-order chi connectivity index (χ1) is 7.27.